The molecule has 1 rings (SSSR count). The van der Waals surface area contributed by atoms with Gasteiger partial charge >= 0.3 is 0 Å². The Bertz CT molecular complexity index is 385. The molecule has 0 aromatic heterocycles. The second-order valence-corrected chi connectivity index (χ2v) is 4.22. The van der Waals surface area contributed by atoms with Gasteiger partial charge in [0.25, 0.3) is 0 Å². The number of hydrogen-bond acceptors (Lipinski definition) is 3. The van der Waals surface area contributed by atoms with E-state index in [9.17, 15) is 9.90 Å². The molecular weight excluding hydrogens is 252 g/mol. The molecule has 0 spiro atoms. The van der Waals surface area contributed by atoms with Gasteiger partial charge in [0, 0.05) is 0 Å². The molecule has 0 aliphatic rings. The van der Waals surface area contributed by atoms with E-state index in [-0.39, 0.29) is 30.1 Å². The summed E-state index contributed by atoms with van der Waals surface area (Å²) < 4.78 is 0. The number of nitrogens with one attached hydrogen (secondary N) is 1. The molecule has 2 atom stereocenters. The third-order valence-electron chi connectivity index (χ3n) is 2.67. The zero-order valence-electron chi connectivity index (χ0n) is 10.7. The Kier molecular flexibility index (Phi) is 7.39. The topological polar surface area (TPSA) is 75.4 Å². The smallest absolute Gasteiger partial charge is 0.237 e. The van der Waals surface area contributed by atoms with E-state index in [1.54, 1.807) is 18.2 Å². The van der Waals surface area contributed by atoms with Crippen molar-refractivity contribution in [2.75, 3.05) is 0 Å². The van der Waals surface area contributed by atoms with Gasteiger partial charge in [-0.2, -0.15) is 0 Å². The molecule has 1 aromatic carbocycles. The molecule has 0 aliphatic heterocycles. The lowest BCUT2D eigenvalue weighted by atomic mass is 10.1. The predicted octanol–water partition coefficient (Wildman–Crippen LogP) is 2.12. The highest BCUT2D eigenvalue weighted by Gasteiger charge is 2.15. The number of amides is 1. The van der Waals surface area contributed by atoms with Crippen LogP contribution in [-0.2, 0) is 4.79 Å². The molecule has 1 amide bonds. The van der Waals surface area contributed by atoms with Gasteiger partial charge in [0.15, 0.2) is 0 Å². The van der Waals surface area contributed by atoms with E-state index in [1.807, 2.05) is 19.9 Å². The molecule has 2 unspecified atom stereocenters. The van der Waals surface area contributed by atoms with Crippen LogP contribution < -0.4 is 11.1 Å². The van der Waals surface area contributed by atoms with E-state index in [4.69, 9.17) is 5.73 Å². The Morgan fingerprint density at radius 3 is 2.72 bits per heavy atom. The van der Waals surface area contributed by atoms with E-state index in [0.29, 0.717) is 6.42 Å². The molecule has 102 valence electrons. The maximum atomic E-state index is 11.7. The van der Waals surface area contributed by atoms with E-state index in [0.717, 1.165) is 12.0 Å². The standard InChI is InChI=1S/C13H20N2O2.ClH/c1-3-5-12(14)13(17)15-9(2)10-6-4-7-11(16)8-10;/h4,6-9,12,16H,3,5,14H2,1-2H3,(H,15,17);1H. The summed E-state index contributed by atoms with van der Waals surface area (Å²) in [4.78, 5) is 11.7. The summed E-state index contributed by atoms with van der Waals surface area (Å²) in [6.45, 7) is 3.86. The van der Waals surface area contributed by atoms with Crippen LogP contribution in [-0.4, -0.2) is 17.1 Å². The molecular formula is C13H21ClN2O2. The zero-order chi connectivity index (χ0) is 12.8. The number of halogens is 1. The van der Waals surface area contributed by atoms with Crippen molar-refractivity contribution in [3.05, 3.63) is 29.8 Å². The van der Waals surface area contributed by atoms with Crippen molar-refractivity contribution in [1.29, 1.82) is 0 Å². The monoisotopic (exact) mass is 272 g/mol. The Morgan fingerprint density at radius 2 is 2.17 bits per heavy atom. The number of hydrogen-bond donors (Lipinski definition) is 3. The summed E-state index contributed by atoms with van der Waals surface area (Å²) in [6.07, 6.45) is 1.56. The number of carbonyl (C=O) groups is 1. The highest BCUT2D eigenvalue weighted by molar-refractivity contribution is 5.85. The van der Waals surface area contributed by atoms with E-state index >= 15 is 0 Å². The highest BCUT2D eigenvalue weighted by atomic mass is 35.5. The van der Waals surface area contributed by atoms with Crippen LogP contribution in [0.25, 0.3) is 0 Å². The Balaban J connectivity index is 0.00000289. The second-order valence-electron chi connectivity index (χ2n) is 4.22. The minimum atomic E-state index is -0.459. The summed E-state index contributed by atoms with van der Waals surface area (Å²) in [5, 5.41) is 12.2. The molecule has 0 saturated carbocycles. The van der Waals surface area contributed by atoms with E-state index in [2.05, 4.69) is 5.32 Å². The van der Waals surface area contributed by atoms with Crippen molar-refractivity contribution < 1.29 is 9.90 Å². The van der Waals surface area contributed by atoms with Gasteiger partial charge in [0.1, 0.15) is 5.75 Å². The molecule has 0 fully saturated rings. The highest BCUT2D eigenvalue weighted by Crippen LogP contribution is 2.17. The van der Waals surface area contributed by atoms with Crippen LogP contribution in [0.3, 0.4) is 0 Å². The SMILES string of the molecule is CCCC(N)C(=O)NC(C)c1cccc(O)c1.Cl. The number of aromatic hydroxyl groups is 1. The average molecular weight is 273 g/mol. The largest absolute Gasteiger partial charge is 0.508 e. The van der Waals surface area contributed by atoms with Crippen LogP contribution in [0.2, 0.25) is 0 Å². The van der Waals surface area contributed by atoms with Gasteiger partial charge in [-0.25, -0.2) is 0 Å². The zero-order valence-corrected chi connectivity index (χ0v) is 11.5. The van der Waals surface area contributed by atoms with E-state index < -0.39 is 6.04 Å². The molecule has 0 heterocycles. The van der Waals surface area contributed by atoms with Crippen LogP contribution >= 0.6 is 12.4 Å². The first kappa shape index (κ1) is 16.7. The van der Waals surface area contributed by atoms with Crippen LogP contribution in [0.1, 0.15) is 38.3 Å². The van der Waals surface area contributed by atoms with Crippen molar-refractivity contribution in [2.24, 2.45) is 5.73 Å². The first-order valence-electron chi connectivity index (χ1n) is 5.89. The molecule has 18 heavy (non-hydrogen) atoms. The number of carbonyl (C=O) groups excluding carboxylic acids is 1. The van der Waals surface area contributed by atoms with Crippen LogP contribution in [0.5, 0.6) is 5.75 Å². The van der Waals surface area contributed by atoms with Crippen molar-refractivity contribution >= 4 is 18.3 Å². The van der Waals surface area contributed by atoms with Crippen molar-refractivity contribution in [1.82, 2.24) is 5.32 Å². The number of phenolic OH excluding ortho intramolecular Hbond substituents is 1. The summed E-state index contributed by atoms with van der Waals surface area (Å²) in [7, 11) is 0. The van der Waals surface area contributed by atoms with Crippen LogP contribution in [0, 0.1) is 0 Å². The summed E-state index contributed by atoms with van der Waals surface area (Å²) >= 11 is 0. The number of nitrogens with two attached hydrogens (primary N) is 1. The first-order valence-corrected chi connectivity index (χ1v) is 5.89. The van der Waals surface area contributed by atoms with Crippen molar-refractivity contribution in [3.63, 3.8) is 0 Å². The van der Waals surface area contributed by atoms with Crippen LogP contribution in [0.4, 0.5) is 0 Å². The lowest BCUT2D eigenvalue weighted by molar-refractivity contribution is -0.123. The van der Waals surface area contributed by atoms with Gasteiger partial charge in [0.05, 0.1) is 12.1 Å². The normalized spacial score (nSPS) is 13.3. The maximum Gasteiger partial charge on any atom is 0.237 e. The molecule has 5 heteroatoms. The summed E-state index contributed by atoms with van der Waals surface area (Å²) in [5.41, 5.74) is 6.59. The lowest BCUT2D eigenvalue weighted by Gasteiger charge is -2.17. The first-order chi connectivity index (χ1) is 8.04. The Morgan fingerprint density at radius 1 is 1.50 bits per heavy atom. The third-order valence-corrected chi connectivity index (χ3v) is 2.67. The van der Waals surface area contributed by atoms with Gasteiger partial charge in [-0.15, -0.1) is 12.4 Å². The van der Waals surface area contributed by atoms with Crippen molar-refractivity contribution in [3.8, 4) is 5.75 Å². The molecule has 4 N–H and O–H groups in total. The van der Waals surface area contributed by atoms with Gasteiger partial charge in [0.2, 0.25) is 5.91 Å². The molecule has 0 radical (unpaired) electrons. The minimum absolute atomic E-state index is 0. The lowest BCUT2D eigenvalue weighted by Crippen LogP contribution is -2.41. The van der Waals surface area contributed by atoms with Crippen LogP contribution in [0.15, 0.2) is 24.3 Å². The fraction of sp³-hybridized carbons (Fsp3) is 0.462. The average Bonchev–Trinajstić information content (AvgIpc) is 2.29. The molecule has 4 nitrogen and oxygen atoms in total. The fourth-order valence-corrected chi connectivity index (χ4v) is 1.64. The maximum absolute atomic E-state index is 11.7. The number of phenols is 1. The van der Waals surface area contributed by atoms with E-state index in [1.165, 1.54) is 0 Å². The number of benzene rings is 1. The quantitative estimate of drug-likeness (QED) is 0.768. The van der Waals surface area contributed by atoms with Gasteiger partial charge in [-0.05, 0) is 31.0 Å². The summed E-state index contributed by atoms with van der Waals surface area (Å²) in [6, 6.07) is 6.23. The molecule has 1 aromatic rings. The Labute approximate surface area is 114 Å². The Hall–Kier alpha value is -1.26. The van der Waals surface area contributed by atoms with Gasteiger partial charge in [-0.3, -0.25) is 4.79 Å². The minimum Gasteiger partial charge on any atom is -0.508 e. The number of rotatable bonds is 5. The van der Waals surface area contributed by atoms with Crippen molar-refractivity contribution in [2.45, 2.75) is 38.8 Å². The molecule has 0 saturated heterocycles. The third kappa shape index (κ3) is 4.94. The molecule has 0 aliphatic carbocycles. The summed E-state index contributed by atoms with van der Waals surface area (Å²) in [5.74, 6) is 0.0455. The van der Waals surface area contributed by atoms with Gasteiger partial charge in [-0.1, -0.05) is 25.5 Å². The van der Waals surface area contributed by atoms with Gasteiger partial charge < -0.3 is 16.2 Å². The fourth-order valence-electron chi connectivity index (χ4n) is 1.64. The molecule has 0 bridgehead atoms. The predicted molar refractivity (Wildman–Crippen MR) is 74.8 cm³/mol. The second kappa shape index (κ2) is 7.95.